The second-order valence-electron chi connectivity index (χ2n) is 8.46. The van der Waals surface area contributed by atoms with Crippen molar-refractivity contribution in [3.63, 3.8) is 0 Å². The number of nitrogens with zero attached hydrogens (tertiary/aromatic N) is 5. The molecule has 5 aromatic rings. The molecule has 0 fully saturated rings. The van der Waals surface area contributed by atoms with Crippen LogP contribution in [0.25, 0.3) is 28.2 Å². The van der Waals surface area contributed by atoms with E-state index in [-0.39, 0.29) is 0 Å². The number of aromatic nitrogens is 3. The number of methoxy groups -OCH3 is 1. The minimum absolute atomic E-state index is 0.521. The second-order valence-corrected chi connectivity index (χ2v) is 9.29. The Morgan fingerprint density at radius 2 is 1.76 bits per heavy atom. The largest absolute Gasteiger partial charge is 0.496 e. The van der Waals surface area contributed by atoms with Crippen LogP contribution in [-0.2, 0) is 0 Å². The number of thiazole rings is 1. The molecule has 0 atom stereocenters. The van der Waals surface area contributed by atoms with E-state index < -0.39 is 0 Å². The van der Waals surface area contributed by atoms with E-state index >= 15 is 0 Å². The smallest absolute Gasteiger partial charge is 0.205 e. The highest BCUT2D eigenvalue weighted by Gasteiger charge is 2.17. The molecule has 190 valence electrons. The Bertz CT molecular complexity index is 1680. The number of fused-ring (bicyclic) bond motifs is 1. The first-order chi connectivity index (χ1) is 18.7. The maximum Gasteiger partial charge on any atom is 0.205 e. The molecule has 3 heterocycles. The average molecular weight is 524 g/mol. The standard InChI is InChI=1S/C29H25N5O3S/c1-30-29-34(24(19-38-29)23-10-6-7-11-25(23)35-2)31-17-21-18-33(22-8-4-3-5-9-22)32-28(21)20-12-13-26-27(16-20)37-15-14-36-26/h3-13,16-19H,14-15H2,1-2H3. The number of hydrogen-bond donors (Lipinski definition) is 0. The van der Waals surface area contributed by atoms with E-state index in [2.05, 4.69) is 4.99 Å². The molecule has 2 aromatic heterocycles. The van der Waals surface area contributed by atoms with Crippen LogP contribution in [-0.4, -0.2) is 48.0 Å². The summed E-state index contributed by atoms with van der Waals surface area (Å²) in [6, 6.07) is 23.8. The van der Waals surface area contributed by atoms with Crippen LogP contribution in [0.2, 0.25) is 0 Å². The molecule has 38 heavy (non-hydrogen) atoms. The summed E-state index contributed by atoms with van der Waals surface area (Å²) in [5.74, 6) is 2.22. The lowest BCUT2D eigenvalue weighted by Crippen LogP contribution is -2.15. The molecule has 6 rings (SSSR count). The first-order valence-electron chi connectivity index (χ1n) is 12.1. The Kier molecular flexibility index (Phi) is 6.49. The predicted molar refractivity (Wildman–Crippen MR) is 149 cm³/mol. The fourth-order valence-electron chi connectivity index (χ4n) is 4.33. The van der Waals surface area contributed by atoms with E-state index in [1.807, 2.05) is 99.9 Å². The molecule has 0 amide bonds. The van der Waals surface area contributed by atoms with E-state index in [1.165, 1.54) is 11.3 Å². The summed E-state index contributed by atoms with van der Waals surface area (Å²) < 4.78 is 20.8. The predicted octanol–water partition coefficient (Wildman–Crippen LogP) is 5.26. The van der Waals surface area contributed by atoms with Gasteiger partial charge in [0.2, 0.25) is 4.80 Å². The van der Waals surface area contributed by atoms with Crippen molar-refractivity contribution in [2.24, 2.45) is 10.1 Å². The van der Waals surface area contributed by atoms with Crippen LogP contribution in [0.3, 0.4) is 0 Å². The fourth-order valence-corrected chi connectivity index (χ4v) is 5.13. The SMILES string of the molecule is CN=c1scc(-c2ccccc2OC)n1N=Cc1cn(-c2ccccc2)nc1-c1ccc2c(c1)OCCO2. The molecule has 8 nitrogen and oxygen atoms in total. The molecule has 0 saturated carbocycles. The van der Waals surface area contributed by atoms with Gasteiger partial charge in [-0.3, -0.25) is 4.99 Å². The van der Waals surface area contributed by atoms with Crippen molar-refractivity contribution in [3.05, 3.63) is 94.7 Å². The van der Waals surface area contributed by atoms with Gasteiger partial charge in [-0.25, -0.2) is 9.36 Å². The zero-order valence-corrected chi connectivity index (χ0v) is 21.8. The summed E-state index contributed by atoms with van der Waals surface area (Å²) in [7, 11) is 3.43. The third-order valence-electron chi connectivity index (χ3n) is 6.15. The van der Waals surface area contributed by atoms with Crippen molar-refractivity contribution >= 4 is 17.6 Å². The normalized spacial score (nSPS) is 13.3. The van der Waals surface area contributed by atoms with Gasteiger partial charge in [0, 0.05) is 35.3 Å². The molecule has 0 spiro atoms. The molecular weight excluding hydrogens is 498 g/mol. The lowest BCUT2D eigenvalue weighted by atomic mass is 10.1. The first kappa shape index (κ1) is 23.7. The molecule has 0 radical (unpaired) electrons. The summed E-state index contributed by atoms with van der Waals surface area (Å²) in [5, 5.41) is 11.8. The molecule has 3 aromatic carbocycles. The van der Waals surface area contributed by atoms with Gasteiger partial charge in [-0.05, 0) is 42.5 Å². The second kappa shape index (κ2) is 10.4. The van der Waals surface area contributed by atoms with Gasteiger partial charge in [0.05, 0.1) is 24.7 Å². The van der Waals surface area contributed by atoms with Gasteiger partial charge in [-0.2, -0.15) is 10.2 Å². The lowest BCUT2D eigenvalue weighted by molar-refractivity contribution is 0.171. The van der Waals surface area contributed by atoms with Crippen molar-refractivity contribution in [2.45, 2.75) is 0 Å². The van der Waals surface area contributed by atoms with Crippen molar-refractivity contribution in [3.8, 4) is 45.5 Å². The van der Waals surface area contributed by atoms with E-state index in [4.69, 9.17) is 24.4 Å². The molecular formula is C29H25N5O3S. The van der Waals surface area contributed by atoms with Crippen LogP contribution >= 0.6 is 11.3 Å². The Balaban J connectivity index is 1.47. The lowest BCUT2D eigenvalue weighted by Gasteiger charge is -2.18. The van der Waals surface area contributed by atoms with Gasteiger partial charge in [-0.1, -0.05) is 30.3 Å². The van der Waals surface area contributed by atoms with Crippen LogP contribution in [0.4, 0.5) is 0 Å². The summed E-state index contributed by atoms with van der Waals surface area (Å²) in [6.45, 7) is 1.07. The average Bonchev–Trinajstić information content (AvgIpc) is 3.60. The zero-order chi connectivity index (χ0) is 25.9. The van der Waals surface area contributed by atoms with Gasteiger partial charge in [0.15, 0.2) is 11.5 Å². The number of rotatable bonds is 6. The number of para-hydroxylation sites is 2. The fraction of sp³-hybridized carbons (Fsp3) is 0.138. The molecule has 1 aliphatic heterocycles. The summed E-state index contributed by atoms with van der Waals surface area (Å²) in [4.78, 5) is 5.20. The quantitative estimate of drug-likeness (QED) is 0.285. The third-order valence-corrected chi connectivity index (χ3v) is 7.06. The first-order valence-corrected chi connectivity index (χ1v) is 13.0. The molecule has 0 bridgehead atoms. The summed E-state index contributed by atoms with van der Waals surface area (Å²) >= 11 is 1.52. The highest BCUT2D eigenvalue weighted by Crippen LogP contribution is 2.35. The van der Waals surface area contributed by atoms with Crippen molar-refractivity contribution < 1.29 is 14.2 Å². The van der Waals surface area contributed by atoms with E-state index in [0.29, 0.717) is 19.0 Å². The van der Waals surface area contributed by atoms with E-state index in [0.717, 1.165) is 50.1 Å². The Hall–Kier alpha value is -4.63. The number of ether oxygens (including phenoxy) is 3. The number of benzene rings is 3. The van der Waals surface area contributed by atoms with Crippen LogP contribution in [0, 0.1) is 0 Å². The van der Waals surface area contributed by atoms with Gasteiger partial charge >= 0.3 is 0 Å². The maximum atomic E-state index is 5.83. The van der Waals surface area contributed by atoms with Crippen LogP contribution in [0.5, 0.6) is 17.2 Å². The van der Waals surface area contributed by atoms with Crippen molar-refractivity contribution in [1.82, 2.24) is 14.5 Å². The molecule has 0 aliphatic carbocycles. The Morgan fingerprint density at radius 1 is 0.974 bits per heavy atom. The molecule has 9 heteroatoms. The zero-order valence-electron chi connectivity index (χ0n) is 20.9. The van der Waals surface area contributed by atoms with Crippen molar-refractivity contribution in [2.75, 3.05) is 27.4 Å². The monoisotopic (exact) mass is 523 g/mol. The highest BCUT2D eigenvalue weighted by atomic mass is 32.1. The van der Waals surface area contributed by atoms with Gasteiger partial charge < -0.3 is 14.2 Å². The molecule has 0 unspecified atom stereocenters. The summed E-state index contributed by atoms with van der Waals surface area (Å²) in [5.41, 5.74) is 5.31. The van der Waals surface area contributed by atoms with E-state index in [9.17, 15) is 0 Å². The Morgan fingerprint density at radius 3 is 2.58 bits per heavy atom. The van der Waals surface area contributed by atoms with Crippen molar-refractivity contribution in [1.29, 1.82) is 0 Å². The van der Waals surface area contributed by atoms with Crippen LogP contribution < -0.4 is 19.0 Å². The molecule has 1 aliphatic rings. The molecule has 0 saturated heterocycles. The summed E-state index contributed by atoms with van der Waals surface area (Å²) in [6.07, 6.45) is 3.79. The highest BCUT2D eigenvalue weighted by molar-refractivity contribution is 7.07. The minimum atomic E-state index is 0.521. The van der Waals surface area contributed by atoms with Gasteiger partial charge in [0.25, 0.3) is 0 Å². The van der Waals surface area contributed by atoms with E-state index in [1.54, 1.807) is 14.2 Å². The van der Waals surface area contributed by atoms with Gasteiger partial charge in [-0.15, -0.1) is 11.3 Å². The molecule has 0 N–H and O–H groups in total. The minimum Gasteiger partial charge on any atom is -0.496 e. The third kappa shape index (κ3) is 4.48. The Labute approximate surface area is 223 Å². The van der Waals surface area contributed by atoms with Gasteiger partial charge in [0.1, 0.15) is 24.7 Å². The number of hydrogen-bond acceptors (Lipinski definition) is 7. The van der Waals surface area contributed by atoms with Crippen LogP contribution in [0.15, 0.2) is 94.5 Å². The topological polar surface area (TPSA) is 75.2 Å². The van der Waals surface area contributed by atoms with Crippen LogP contribution in [0.1, 0.15) is 5.56 Å². The maximum absolute atomic E-state index is 5.83.